The molecule has 1 aliphatic heterocycles. The molecule has 0 radical (unpaired) electrons. The number of hydrogen-bond acceptors (Lipinski definition) is 5. The molecular formula is C27H46O5S. The maximum absolute atomic E-state index is 12.0. The summed E-state index contributed by atoms with van der Waals surface area (Å²) in [5.41, 5.74) is 0.0547. The molecule has 1 heterocycles. The number of aliphatic hydroxyl groups is 1. The minimum absolute atomic E-state index is 0.259. The fourth-order valence-corrected chi connectivity index (χ4v) is 11.1. The highest BCUT2D eigenvalue weighted by Crippen LogP contribution is 2.72. The summed E-state index contributed by atoms with van der Waals surface area (Å²) in [5, 5.41) is 10.6. The average molecular weight is 483 g/mol. The summed E-state index contributed by atoms with van der Waals surface area (Å²) in [5.74, 6) is 3.21. The molecule has 0 aromatic carbocycles. The molecule has 0 amide bonds. The highest BCUT2D eigenvalue weighted by molar-refractivity contribution is 7.82. The third-order valence-electron chi connectivity index (χ3n) is 11.5. The van der Waals surface area contributed by atoms with Crippen LogP contribution < -0.4 is 0 Å². The van der Waals surface area contributed by atoms with Crippen molar-refractivity contribution in [3.63, 3.8) is 0 Å². The molecule has 9 atom stereocenters. The lowest BCUT2D eigenvalue weighted by Crippen LogP contribution is -2.71. The molecule has 4 aliphatic carbocycles. The molecule has 0 bridgehead atoms. The molecule has 0 aromatic heterocycles. The maximum Gasteiger partial charge on any atom is 0.405 e. The Morgan fingerprint density at radius 2 is 1.70 bits per heavy atom. The zero-order valence-electron chi connectivity index (χ0n) is 21.4. The van der Waals surface area contributed by atoms with Gasteiger partial charge in [0, 0.05) is 11.8 Å². The van der Waals surface area contributed by atoms with Crippen LogP contribution in [0.15, 0.2) is 0 Å². The Morgan fingerprint density at radius 3 is 2.36 bits per heavy atom. The Kier molecular flexibility index (Phi) is 6.08. The monoisotopic (exact) mass is 482 g/mol. The van der Waals surface area contributed by atoms with Crippen molar-refractivity contribution >= 4 is 10.4 Å². The standard InChI is InChI=1S/C27H46O5S/c1-17(2)7-6-8-18(3)22-11-12-23-21-10-9-19-15-20(28)16-27(31-33(29,30)32-27)26(19,5)24(21)13-14-25(22,23)4/h17-24,28H,6-16H2,1-5H3/t18-,19?,20+,21+,22-,23+,24+,25-,26-/m1/s1. The summed E-state index contributed by atoms with van der Waals surface area (Å²) in [4.78, 5) is 0. The second kappa shape index (κ2) is 8.18. The van der Waals surface area contributed by atoms with Crippen molar-refractivity contribution in [2.45, 2.75) is 117 Å². The zero-order chi connectivity index (χ0) is 23.8. The van der Waals surface area contributed by atoms with Crippen molar-refractivity contribution < 1.29 is 21.9 Å². The van der Waals surface area contributed by atoms with Gasteiger partial charge in [-0.2, -0.15) is 8.42 Å². The van der Waals surface area contributed by atoms with Crippen LogP contribution in [0.3, 0.4) is 0 Å². The molecule has 5 aliphatic rings. The second-order valence-electron chi connectivity index (χ2n) is 13.4. The van der Waals surface area contributed by atoms with Gasteiger partial charge in [0.2, 0.25) is 5.79 Å². The van der Waals surface area contributed by atoms with Crippen LogP contribution in [0.4, 0.5) is 0 Å². The molecule has 1 N–H and O–H groups in total. The van der Waals surface area contributed by atoms with E-state index in [1.165, 1.54) is 44.9 Å². The van der Waals surface area contributed by atoms with Gasteiger partial charge in [0.1, 0.15) is 0 Å². The SMILES string of the molecule is CC(C)CCC[C@@H](C)[C@H]1CC[C@H]2[C@@H]3CCC4C[C@H](O)CC5(OS(=O)(=O)O5)[C@@]4(C)[C@H]3CC[C@]12C. The van der Waals surface area contributed by atoms with Crippen LogP contribution in [0, 0.1) is 52.3 Å². The maximum atomic E-state index is 12.0. The lowest BCUT2D eigenvalue weighted by Gasteiger charge is -2.67. The van der Waals surface area contributed by atoms with Gasteiger partial charge in [0.15, 0.2) is 0 Å². The first-order valence-corrected chi connectivity index (χ1v) is 15.1. The van der Waals surface area contributed by atoms with Gasteiger partial charge in [-0.15, -0.1) is 0 Å². The number of fused-ring (bicyclic) bond motifs is 6. The molecule has 6 heteroatoms. The molecule has 190 valence electrons. The number of rotatable bonds is 5. The van der Waals surface area contributed by atoms with E-state index in [9.17, 15) is 13.5 Å². The van der Waals surface area contributed by atoms with Gasteiger partial charge < -0.3 is 5.11 Å². The predicted molar refractivity (Wildman–Crippen MR) is 128 cm³/mol. The van der Waals surface area contributed by atoms with Crippen molar-refractivity contribution in [3.8, 4) is 0 Å². The molecule has 1 saturated heterocycles. The van der Waals surface area contributed by atoms with Gasteiger partial charge in [-0.05, 0) is 91.8 Å². The molecular weight excluding hydrogens is 436 g/mol. The van der Waals surface area contributed by atoms with E-state index < -0.39 is 22.3 Å². The van der Waals surface area contributed by atoms with E-state index in [2.05, 4.69) is 34.6 Å². The second-order valence-corrected chi connectivity index (χ2v) is 14.5. The van der Waals surface area contributed by atoms with Crippen LogP contribution in [0.5, 0.6) is 0 Å². The largest absolute Gasteiger partial charge is 0.405 e. The number of aliphatic hydroxyl groups excluding tert-OH is 1. The highest BCUT2D eigenvalue weighted by atomic mass is 32.3. The first kappa shape index (κ1) is 24.5. The predicted octanol–water partition coefficient (Wildman–Crippen LogP) is 6.07. The summed E-state index contributed by atoms with van der Waals surface area (Å²) >= 11 is 0. The van der Waals surface area contributed by atoms with Crippen LogP contribution in [0.25, 0.3) is 0 Å². The minimum Gasteiger partial charge on any atom is -0.393 e. The first-order valence-electron chi connectivity index (χ1n) is 13.8. The van der Waals surface area contributed by atoms with E-state index in [-0.39, 0.29) is 17.8 Å². The molecule has 1 unspecified atom stereocenters. The molecule has 4 saturated carbocycles. The van der Waals surface area contributed by atoms with Crippen LogP contribution in [-0.2, 0) is 18.8 Å². The Bertz CT molecular complexity index is 843. The van der Waals surface area contributed by atoms with E-state index in [0.29, 0.717) is 23.2 Å². The average Bonchev–Trinajstić information content (AvgIpc) is 3.04. The molecule has 1 spiro atoms. The Hall–Kier alpha value is -0.170. The molecule has 5 nitrogen and oxygen atoms in total. The van der Waals surface area contributed by atoms with Crippen LogP contribution in [0.1, 0.15) is 105 Å². The van der Waals surface area contributed by atoms with Gasteiger partial charge in [0.25, 0.3) is 0 Å². The van der Waals surface area contributed by atoms with Crippen molar-refractivity contribution in [1.82, 2.24) is 0 Å². The van der Waals surface area contributed by atoms with Crippen molar-refractivity contribution in [1.29, 1.82) is 0 Å². The van der Waals surface area contributed by atoms with Crippen LogP contribution in [-0.4, -0.2) is 25.4 Å². The van der Waals surface area contributed by atoms with E-state index in [1.54, 1.807) is 0 Å². The first-order chi connectivity index (χ1) is 15.4. The Morgan fingerprint density at radius 1 is 0.970 bits per heavy atom. The quantitative estimate of drug-likeness (QED) is 0.515. The van der Waals surface area contributed by atoms with E-state index in [0.717, 1.165) is 37.0 Å². The molecule has 5 fully saturated rings. The Labute approximate surface area is 201 Å². The van der Waals surface area contributed by atoms with E-state index in [1.807, 2.05) is 0 Å². The van der Waals surface area contributed by atoms with Crippen molar-refractivity contribution in [2.24, 2.45) is 52.3 Å². The smallest absolute Gasteiger partial charge is 0.393 e. The number of hydrogen-bond donors (Lipinski definition) is 1. The molecule has 0 aromatic rings. The van der Waals surface area contributed by atoms with Crippen molar-refractivity contribution in [3.05, 3.63) is 0 Å². The lowest BCUT2D eigenvalue weighted by atomic mass is 9.43. The fraction of sp³-hybridized carbons (Fsp3) is 1.00. The van der Waals surface area contributed by atoms with E-state index >= 15 is 0 Å². The Balaban J connectivity index is 1.38. The fourth-order valence-electron chi connectivity index (χ4n) is 9.94. The third-order valence-corrected chi connectivity index (χ3v) is 12.4. The van der Waals surface area contributed by atoms with Gasteiger partial charge >= 0.3 is 10.4 Å². The highest BCUT2D eigenvalue weighted by Gasteiger charge is 2.73. The van der Waals surface area contributed by atoms with Crippen LogP contribution in [0.2, 0.25) is 0 Å². The lowest BCUT2D eigenvalue weighted by molar-refractivity contribution is -0.336. The van der Waals surface area contributed by atoms with E-state index in [4.69, 9.17) is 8.37 Å². The van der Waals surface area contributed by atoms with Gasteiger partial charge in [0.05, 0.1) is 6.10 Å². The van der Waals surface area contributed by atoms with Crippen molar-refractivity contribution in [2.75, 3.05) is 0 Å². The third kappa shape index (κ3) is 3.67. The minimum atomic E-state index is -3.92. The summed E-state index contributed by atoms with van der Waals surface area (Å²) in [7, 11) is -3.92. The van der Waals surface area contributed by atoms with Gasteiger partial charge in [-0.1, -0.05) is 53.9 Å². The summed E-state index contributed by atoms with van der Waals surface area (Å²) in [6.07, 6.45) is 11.8. The van der Waals surface area contributed by atoms with Crippen LogP contribution >= 0.6 is 0 Å². The molecule has 33 heavy (non-hydrogen) atoms. The molecule has 5 rings (SSSR count). The van der Waals surface area contributed by atoms with Gasteiger partial charge in [-0.3, -0.25) is 0 Å². The topological polar surface area (TPSA) is 72.8 Å². The normalized spacial score (nSPS) is 48.6. The summed E-state index contributed by atoms with van der Waals surface area (Å²) < 4.78 is 35.2. The summed E-state index contributed by atoms with van der Waals surface area (Å²) in [6, 6.07) is 0. The zero-order valence-corrected chi connectivity index (χ0v) is 22.2. The summed E-state index contributed by atoms with van der Waals surface area (Å²) in [6.45, 7) is 12.0. The van der Waals surface area contributed by atoms with Gasteiger partial charge in [-0.25, -0.2) is 8.37 Å².